The summed E-state index contributed by atoms with van der Waals surface area (Å²) in [5, 5.41) is 10.3. The first-order valence-electron chi connectivity index (χ1n) is 8.35. The van der Waals surface area contributed by atoms with Gasteiger partial charge in [0.05, 0.1) is 5.02 Å². The molecule has 0 bridgehead atoms. The first-order valence-corrected chi connectivity index (χ1v) is 8.72. The average Bonchev–Trinajstić information content (AvgIpc) is 2.67. The lowest BCUT2D eigenvalue weighted by Crippen LogP contribution is -2.25. The van der Waals surface area contributed by atoms with Crippen LogP contribution in [-0.2, 0) is 17.8 Å². The van der Waals surface area contributed by atoms with Crippen molar-refractivity contribution in [1.29, 1.82) is 0 Å². The lowest BCUT2D eigenvalue weighted by molar-refractivity contribution is -0.121. The molecule has 3 aromatic rings. The van der Waals surface area contributed by atoms with Crippen molar-refractivity contribution >= 4 is 17.5 Å². The summed E-state index contributed by atoms with van der Waals surface area (Å²) >= 11 is 5.72. The Labute approximate surface area is 163 Å². The van der Waals surface area contributed by atoms with Crippen molar-refractivity contribution in [1.82, 2.24) is 20.5 Å². The molecule has 28 heavy (non-hydrogen) atoms. The quantitative estimate of drug-likeness (QED) is 0.661. The molecule has 0 radical (unpaired) electrons. The van der Waals surface area contributed by atoms with Gasteiger partial charge in [-0.1, -0.05) is 23.7 Å². The normalized spacial score (nSPS) is 10.7. The van der Waals surface area contributed by atoms with Crippen LogP contribution in [0, 0.1) is 11.6 Å². The van der Waals surface area contributed by atoms with Crippen molar-refractivity contribution in [2.75, 3.05) is 0 Å². The minimum absolute atomic E-state index is 0.0226. The molecule has 0 saturated heterocycles. The summed E-state index contributed by atoms with van der Waals surface area (Å²) in [5.74, 6) is -1.12. The van der Waals surface area contributed by atoms with E-state index in [0.29, 0.717) is 11.1 Å². The van der Waals surface area contributed by atoms with Crippen LogP contribution in [0.1, 0.15) is 17.7 Å². The summed E-state index contributed by atoms with van der Waals surface area (Å²) in [7, 11) is 0. The number of hydrogen-bond donors (Lipinski definition) is 2. The number of aromatic nitrogens is 3. The Morgan fingerprint density at radius 1 is 1.14 bits per heavy atom. The molecule has 0 unspecified atom stereocenters. The van der Waals surface area contributed by atoms with E-state index in [2.05, 4.69) is 20.5 Å². The number of halogens is 3. The highest BCUT2D eigenvalue weighted by Gasteiger charge is 2.11. The van der Waals surface area contributed by atoms with Crippen LogP contribution in [-0.4, -0.2) is 21.1 Å². The maximum atomic E-state index is 13.2. The molecular formula is C19H15ClF2N4O2. The number of carbonyl (C=O) groups is 1. The van der Waals surface area contributed by atoms with Gasteiger partial charge in [0.15, 0.2) is 5.82 Å². The molecule has 0 spiro atoms. The highest BCUT2D eigenvalue weighted by atomic mass is 35.5. The van der Waals surface area contributed by atoms with Gasteiger partial charge in [-0.2, -0.15) is 0 Å². The summed E-state index contributed by atoms with van der Waals surface area (Å²) in [5.41, 5.74) is 0.643. The number of hydrogen-bond acceptors (Lipinski definition) is 4. The lowest BCUT2D eigenvalue weighted by Gasteiger charge is -2.06. The van der Waals surface area contributed by atoms with E-state index in [0.717, 1.165) is 6.07 Å². The van der Waals surface area contributed by atoms with Crippen molar-refractivity contribution in [2.24, 2.45) is 0 Å². The molecule has 1 amide bonds. The topological polar surface area (TPSA) is 87.7 Å². The number of nitrogens with one attached hydrogen (secondary N) is 2. The van der Waals surface area contributed by atoms with Gasteiger partial charge in [0, 0.05) is 24.9 Å². The number of carbonyl (C=O) groups excluding carboxylic acids is 1. The minimum Gasteiger partial charge on any atom is -0.352 e. The summed E-state index contributed by atoms with van der Waals surface area (Å²) in [6.45, 7) is 0.183. The summed E-state index contributed by atoms with van der Waals surface area (Å²) < 4.78 is 26.3. The number of benzene rings is 2. The minimum atomic E-state index is -0.582. The zero-order valence-corrected chi connectivity index (χ0v) is 15.3. The van der Waals surface area contributed by atoms with Gasteiger partial charge in [-0.05, 0) is 35.9 Å². The van der Waals surface area contributed by atoms with Gasteiger partial charge >= 0.3 is 0 Å². The molecule has 6 nitrogen and oxygen atoms in total. The van der Waals surface area contributed by atoms with E-state index >= 15 is 0 Å². The van der Waals surface area contributed by atoms with Crippen molar-refractivity contribution in [3.8, 4) is 11.4 Å². The Hall–Kier alpha value is -3.13. The van der Waals surface area contributed by atoms with Crippen molar-refractivity contribution in [3.63, 3.8) is 0 Å². The Kier molecular flexibility index (Phi) is 6.10. The zero-order chi connectivity index (χ0) is 20.1. The second kappa shape index (κ2) is 8.71. The van der Waals surface area contributed by atoms with Crippen LogP contribution in [0.25, 0.3) is 11.4 Å². The molecule has 9 heteroatoms. The van der Waals surface area contributed by atoms with Gasteiger partial charge in [-0.25, -0.2) is 8.78 Å². The zero-order valence-electron chi connectivity index (χ0n) is 14.5. The average molecular weight is 405 g/mol. The molecule has 1 heterocycles. The van der Waals surface area contributed by atoms with Crippen LogP contribution < -0.4 is 10.9 Å². The van der Waals surface area contributed by atoms with Crippen LogP contribution in [0.3, 0.4) is 0 Å². The molecule has 0 atom stereocenters. The fourth-order valence-electron chi connectivity index (χ4n) is 2.47. The molecule has 3 rings (SSSR count). The molecule has 0 aliphatic heterocycles. The Morgan fingerprint density at radius 3 is 2.68 bits per heavy atom. The summed E-state index contributed by atoms with van der Waals surface area (Å²) in [4.78, 5) is 26.6. The van der Waals surface area contributed by atoms with Gasteiger partial charge in [0.1, 0.15) is 17.3 Å². The molecule has 0 aliphatic rings. The number of nitrogens with zero attached hydrogens (tertiary/aromatic N) is 2. The number of H-pyrrole nitrogens is 1. The van der Waals surface area contributed by atoms with Crippen LogP contribution in [0.15, 0.2) is 47.3 Å². The first-order chi connectivity index (χ1) is 13.4. The molecule has 144 valence electrons. The predicted molar refractivity (Wildman–Crippen MR) is 99.6 cm³/mol. The van der Waals surface area contributed by atoms with Crippen molar-refractivity contribution in [3.05, 3.63) is 80.7 Å². The summed E-state index contributed by atoms with van der Waals surface area (Å²) in [6.07, 6.45) is 0.108. The van der Waals surface area contributed by atoms with E-state index in [9.17, 15) is 18.4 Å². The third-order valence-electron chi connectivity index (χ3n) is 3.93. The fourth-order valence-corrected chi connectivity index (χ4v) is 2.65. The highest BCUT2D eigenvalue weighted by Crippen LogP contribution is 2.21. The monoisotopic (exact) mass is 404 g/mol. The molecule has 2 N–H and O–H groups in total. The third-order valence-corrected chi connectivity index (χ3v) is 4.22. The SMILES string of the molecule is O=C(CCc1nnc(-c2ccc(F)c(Cl)c2)[nH]c1=O)NCc1cccc(F)c1. The lowest BCUT2D eigenvalue weighted by atomic mass is 10.2. The number of aryl methyl sites for hydroxylation is 1. The smallest absolute Gasteiger partial charge is 0.273 e. The first kappa shape index (κ1) is 19.6. The second-order valence-electron chi connectivity index (χ2n) is 5.98. The van der Waals surface area contributed by atoms with E-state index in [4.69, 9.17) is 11.6 Å². The van der Waals surface area contributed by atoms with Gasteiger partial charge in [-0.3, -0.25) is 9.59 Å². The Balaban J connectivity index is 1.59. The number of amides is 1. The van der Waals surface area contributed by atoms with E-state index in [1.165, 1.54) is 24.3 Å². The van der Waals surface area contributed by atoms with Gasteiger partial charge in [0.25, 0.3) is 5.56 Å². The van der Waals surface area contributed by atoms with Gasteiger partial charge in [0.2, 0.25) is 5.91 Å². The molecule has 0 saturated carbocycles. The molecule has 1 aromatic heterocycles. The standard InChI is InChI=1S/C19H15ClF2N4O2/c20-14-9-12(4-5-15(14)22)18-24-19(28)16(25-26-18)6-7-17(27)23-10-11-2-1-3-13(21)8-11/h1-5,8-9H,6-7,10H2,(H,23,27)(H,24,26,28). The van der Waals surface area contributed by atoms with E-state index < -0.39 is 11.4 Å². The van der Waals surface area contributed by atoms with E-state index in [1.54, 1.807) is 12.1 Å². The third kappa shape index (κ3) is 4.98. The van der Waals surface area contributed by atoms with Crippen molar-refractivity contribution < 1.29 is 13.6 Å². The summed E-state index contributed by atoms with van der Waals surface area (Å²) in [6, 6.07) is 9.81. The van der Waals surface area contributed by atoms with Crippen LogP contribution in [0.5, 0.6) is 0 Å². The Morgan fingerprint density at radius 2 is 1.96 bits per heavy atom. The molecular weight excluding hydrogens is 390 g/mol. The van der Waals surface area contributed by atoms with E-state index in [1.807, 2.05) is 0 Å². The van der Waals surface area contributed by atoms with Gasteiger partial charge < -0.3 is 10.3 Å². The highest BCUT2D eigenvalue weighted by molar-refractivity contribution is 6.31. The molecule has 2 aromatic carbocycles. The maximum absolute atomic E-state index is 13.2. The number of aromatic amines is 1. The number of rotatable bonds is 6. The predicted octanol–water partition coefficient (Wildman–Crippen LogP) is 3.01. The van der Waals surface area contributed by atoms with Crippen LogP contribution in [0.4, 0.5) is 8.78 Å². The van der Waals surface area contributed by atoms with Gasteiger partial charge in [-0.15, -0.1) is 10.2 Å². The maximum Gasteiger partial charge on any atom is 0.273 e. The fraction of sp³-hybridized carbons (Fsp3) is 0.158. The molecule has 0 fully saturated rings. The van der Waals surface area contributed by atoms with Crippen LogP contribution >= 0.6 is 11.6 Å². The van der Waals surface area contributed by atoms with Crippen LogP contribution in [0.2, 0.25) is 5.02 Å². The molecule has 0 aliphatic carbocycles. The van der Waals surface area contributed by atoms with Crippen molar-refractivity contribution in [2.45, 2.75) is 19.4 Å². The second-order valence-corrected chi connectivity index (χ2v) is 6.39. The Bertz CT molecular complexity index is 1070. The largest absolute Gasteiger partial charge is 0.352 e. The van der Waals surface area contributed by atoms with E-state index in [-0.39, 0.29) is 47.7 Å².